The van der Waals surface area contributed by atoms with Gasteiger partial charge in [-0.3, -0.25) is 0 Å². The quantitative estimate of drug-likeness (QED) is 0.418. The Hall–Kier alpha value is -1.46. The minimum Gasteiger partial charge on any atom is -0.393 e. The molecule has 3 N–H and O–H groups in total. The molecule has 2 fully saturated rings. The normalized spacial score (nSPS) is 34.2. The predicted octanol–water partition coefficient (Wildman–Crippen LogP) is 5.56. The third kappa shape index (κ3) is 5.79. The third-order valence-corrected chi connectivity index (χ3v) is 8.41. The zero-order valence-electron chi connectivity index (χ0n) is 21.0. The Bertz CT molecular complexity index is 829. The molecule has 3 aliphatic carbocycles. The second-order valence-corrected chi connectivity index (χ2v) is 10.5. The van der Waals surface area contributed by atoms with Crippen molar-refractivity contribution in [1.82, 2.24) is 0 Å². The van der Waals surface area contributed by atoms with Crippen LogP contribution in [0.1, 0.15) is 79.1 Å². The minimum absolute atomic E-state index is 0.0436. The van der Waals surface area contributed by atoms with Gasteiger partial charge in [-0.1, -0.05) is 63.3 Å². The molecule has 0 heterocycles. The van der Waals surface area contributed by atoms with Crippen molar-refractivity contribution in [1.29, 1.82) is 0 Å². The Morgan fingerprint density at radius 1 is 1.27 bits per heavy atom. The lowest BCUT2D eigenvalue weighted by Crippen LogP contribution is -2.34. The van der Waals surface area contributed by atoms with Gasteiger partial charge in [0.25, 0.3) is 0 Å². The molecule has 3 rings (SSSR count). The average molecular weight is 457 g/mol. The van der Waals surface area contributed by atoms with Crippen LogP contribution in [-0.2, 0) is 4.74 Å². The smallest absolute Gasteiger partial charge is 0.0823 e. The van der Waals surface area contributed by atoms with Crippen LogP contribution in [0.25, 0.3) is 0 Å². The van der Waals surface area contributed by atoms with Crippen molar-refractivity contribution in [3.05, 3.63) is 59.3 Å². The largest absolute Gasteiger partial charge is 0.393 e. The number of aliphatic hydroxyl groups excluding tert-OH is 2. The molecule has 0 aromatic heterocycles. The molecule has 33 heavy (non-hydrogen) atoms. The van der Waals surface area contributed by atoms with Gasteiger partial charge in [0, 0.05) is 6.42 Å². The van der Waals surface area contributed by atoms with Gasteiger partial charge in [-0.15, -0.1) is 0 Å². The van der Waals surface area contributed by atoms with E-state index < -0.39 is 17.8 Å². The van der Waals surface area contributed by atoms with Gasteiger partial charge in [0.05, 0.1) is 30.5 Å². The first-order chi connectivity index (χ1) is 15.6. The van der Waals surface area contributed by atoms with E-state index in [1.807, 2.05) is 26.0 Å². The monoisotopic (exact) mass is 456 g/mol. The summed E-state index contributed by atoms with van der Waals surface area (Å²) in [5, 5.41) is 30.6. The Labute approximate surface area is 200 Å². The highest BCUT2D eigenvalue weighted by Crippen LogP contribution is 2.55. The molecule has 3 aliphatic rings. The first-order valence-electron chi connectivity index (χ1n) is 12.8. The Morgan fingerprint density at radius 3 is 2.70 bits per heavy atom. The molecule has 0 aromatic rings. The first-order valence-corrected chi connectivity index (χ1v) is 12.8. The molecule has 0 saturated heterocycles. The van der Waals surface area contributed by atoms with E-state index in [0.717, 1.165) is 36.8 Å². The fraction of sp³-hybridized carbons (Fsp3) is 0.655. The zero-order chi connectivity index (χ0) is 24.2. The van der Waals surface area contributed by atoms with Crippen molar-refractivity contribution in [2.45, 2.75) is 103 Å². The summed E-state index contributed by atoms with van der Waals surface area (Å²) in [6.07, 6.45) is 16.2. The molecule has 0 aromatic carbocycles. The Morgan fingerprint density at radius 2 is 2.00 bits per heavy atom. The summed E-state index contributed by atoms with van der Waals surface area (Å²) in [4.78, 5) is 0. The topological polar surface area (TPSA) is 69.9 Å². The van der Waals surface area contributed by atoms with Crippen molar-refractivity contribution in [2.75, 3.05) is 6.61 Å². The maximum absolute atomic E-state index is 10.4. The van der Waals surface area contributed by atoms with Crippen LogP contribution in [-0.4, -0.2) is 45.8 Å². The highest BCUT2D eigenvalue weighted by atomic mass is 16.5. The van der Waals surface area contributed by atoms with Gasteiger partial charge in [0.2, 0.25) is 0 Å². The fourth-order valence-electron chi connectivity index (χ4n) is 5.99. The number of aliphatic hydroxyl groups is 3. The lowest BCUT2D eigenvalue weighted by atomic mass is 9.63. The Kier molecular flexibility index (Phi) is 8.60. The van der Waals surface area contributed by atoms with Crippen LogP contribution < -0.4 is 0 Å². The molecular weight excluding hydrogens is 412 g/mol. The van der Waals surface area contributed by atoms with E-state index in [1.54, 1.807) is 0 Å². The molecule has 0 bridgehead atoms. The first kappa shape index (κ1) is 26.2. The van der Waals surface area contributed by atoms with Crippen molar-refractivity contribution in [3.8, 4) is 0 Å². The molecule has 184 valence electrons. The zero-order valence-corrected chi connectivity index (χ0v) is 21.0. The van der Waals surface area contributed by atoms with Crippen LogP contribution in [0.3, 0.4) is 0 Å². The summed E-state index contributed by atoms with van der Waals surface area (Å²) >= 11 is 0. The van der Waals surface area contributed by atoms with Crippen LogP contribution in [0.4, 0.5) is 0 Å². The molecule has 5 atom stereocenters. The maximum atomic E-state index is 10.4. The van der Waals surface area contributed by atoms with Crippen molar-refractivity contribution in [3.63, 3.8) is 0 Å². The average Bonchev–Trinajstić information content (AvgIpc) is 3.15. The minimum atomic E-state index is -0.733. The number of allylic oxidation sites excluding steroid dienone is 4. The van der Waals surface area contributed by atoms with E-state index in [1.165, 1.54) is 11.1 Å². The standard InChI is InChI=1S/C29H44O4/c1-6-29(32,7-2)16-9-17-33-21(4)25-13-14-26-22(10-8-15-28(25,26)5)11-12-23-18-24(30)19-27(31)20(23)3/h9,11-13,16,21,24,26-27,30-32H,3,6-8,10,14-15,17-19H2,1-2,4-5H3/b16-9-,22-11?,23-12?/t21-,24+,26-,27-,28+/m0/s1. The molecule has 4 nitrogen and oxygen atoms in total. The van der Waals surface area contributed by atoms with Gasteiger partial charge in [-0.2, -0.15) is 0 Å². The van der Waals surface area contributed by atoms with Crippen molar-refractivity contribution in [2.24, 2.45) is 11.3 Å². The maximum Gasteiger partial charge on any atom is 0.0823 e. The third-order valence-electron chi connectivity index (χ3n) is 8.41. The van der Waals surface area contributed by atoms with Gasteiger partial charge in [0.1, 0.15) is 0 Å². The van der Waals surface area contributed by atoms with Crippen LogP contribution in [0.15, 0.2) is 59.3 Å². The lowest BCUT2D eigenvalue weighted by molar-refractivity contribution is 0.0739. The summed E-state index contributed by atoms with van der Waals surface area (Å²) in [6, 6.07) is 0. The van der Waals surface area contributed by atoms with E-state index in [4.69, 9.17) is 4.74 Å². The predicted molar refractivity (Wildman–Crippen MR) is 135 cm³/mol. The van der Waals surface area contributed by atoms with Gasteiger partial charge in [-0.05, 0) is 79.9 Å². The van der Waals surface area contributed by atoms with Crippen molar-refractivity contribution >= 4 is 0 Å². The molecule has 0 aliphatic heterocycles. The Balaban J connectivity index is 1.67. The number of ether oxygens (including phenoxy) is 1. The van der Waals surface area contributed by atoms with Crippen LogP contribution in [0, 0.1) is 11.3 Å². The van der Waals surface area contributed by atoms with Crippen molar-refractivity contribution < 1.29 is 20.1 Å². The van der Waals surface area contributed by atoms with Gasteiger partial charge in [-0.25, -0.2) is 0 Å². The van der Waals surface area contributed by atoms with Crippen LogP contribution in [0.5, 0.6) is 0 Å². The summed E-state index contributed by atoms with van der Waals surface area (Å²) in [6.45, 7) is 13.1. The fourth-order valence-corrected chi connectivity index (χ4v) is 5.99. The van der Waals surface area contributed by atoms with E-state index in [-0.39, 0.29) is 11.5 Å². The van der Waals surface area contributed by atoms with E-state index >= 15 is 0 Å². The summed E-state index contributed by atoms with van der Waals surface area (Å²) in [5.41, 5.74) is 3.93. The SMILES string of the molecule is C=C1C(=CC=C2CCC[C@]3(C)C([C@H](C)OC/C=C\C(O)(CC)CC)=CC[C@@H]23)C[C@@H](O)C[C@@H]1O. The molecule has 4 heteroatoms. The second-order valence-electron chi connectivity index (χ2n) is 10.5. The van der Waals surface area contributed by atoms with E-state index in [2.05, 4.69) is 38.7 Å². The van der Waals surface area contributed by atoms with Crippen LogP contribution in [0.2, 0.25) is 0 Å². The highest BCUT2D eigenvalue weighted by Gasteiger charge is 2.46. The van der Waals surface area contributed by atoms with Gasteiger partial charge >= 0.3 is 0 Å². The molecule has 0 amide bonds. The molecular formula is C29H44O4. The number of fused-ring (bicyclic) bond motifs is 1. The van der Waals surface area contributed by atoms with Gasteiger partial charge < -0.3 is 20.1 Å². The van der Waals surface area contributed by atoms with E-state index in [9.17, 15) is 15.3 Å². The number of hydrogen-bond acceptors (Lipinski definition) is 4. The summed E-state index contributed by atoms with van der Waals surface area (Å²) in [5.74, 6) is 0.469. The lowest BCUT2D eigenvalue weighted by Gasteiger charge is -2.42. The molecule has 0 spiro atoms. The highest BCUT2D eigenvalue weighted by molar-refractivity contribution is 5.40. The van der Waals surface area contributed by atoms with E-state index in [0.29, 0.717) is 38.2 Å². The second kappa shape index (κ2) is 10.9. The number of rotatable bonds is 8. The number of hydrogen-bond donors (Lipinski definition) is 3. The summed E-state index contributed by atoms with van der Waals surface area (Å²) < 4.78 is 6.19. The molecule has 0 unspecified atom stereocenters. The van der Waals surface area contributed by atoms with Crippen LogP contribution >= 0.6 is 0 Å². The van der Waals surface area contributed by atoms with Gasteiger partial charge in [0.15, 0.2) is 0 Å². The molecule has 0 radical (unpaired) electrons. The summed E-state index contributed by atoms with van der Waals surface area (Å²) in [7, 11) is 0. The molecule has 2 saturated carbocycles.